The highest BCUT2D eigenvalue weighted by Crippen LogP contribution is 2.37. The van der Waals surface area contributed by atoms with Gasteiger partial charge in [0.25, 0.3) is 0 Å². The van der Waals surface area contributed by atoms with Gasteiger partial charge < -0.3 is 15.5 Å². The number of nitrogens with zero attached hydrogens (tertiary/aromatic N) is 2. The molecule has 0 amide bonds. The zero-order valence-electron chi connectivity index (χ0n) is 12.7. The second-order valence-corrected chi connectivity index (χ2v) is 5.79. The van der Waals surface area contributed by atoms with Gasteiger partial charge in [-0.05, 0) is 25.5 Å². The molecule has 0 spiro atoms. The highest BCUT2D eigenvalue weighted by atomic mass is 35.5. The van der Waals surface area contributed by atoms with Gasteiger partial charge in [-0.25, -0.2) is 9.48 Å². The average Bonchev–Trinajstić information content (AvgIpc) is 2.72. The Bertz CT molecular complexity index is 872. The number of hydrogen-bond acceptors (Lipinski definition) is 4. The van der Waals surface area contributed by atoms with E-state index in [1.807, 2.05) is 0 Å². The van der Waals surface area contributed by atoms with Crippen molar-refractivity contribution in [3.8, 4) is 5.69 Å². The van der Waals surface area contributed by atoms with Crippen molar-refractivity contribution in [3.05, 3.63) is 52.3 Å². The average molecular weight is 348 g/mol. The van der Waals surface area contributed by atoms with Crippen LogP contribution in [0.25, 0.3) is 5.69 Å². The molecule has 1 aromatic heterocycles. The summed E-state index contributed by atoms with van der Waals surface area (Å²) in [6.45, 7) is 1.69. The van der Waals surface area contributed by atoms with E-state index in [-0.39, 0.29) is 12.1 Å². The van der Waals surface area contributed by atoms with E-state index in [0.29, 0.717) is 27.8 Å². The molecular weight excluding hydrogens is 334 g/mol. The number of allylic oxidation sites excluding steroid dienone is 1. The third-order valence-electron chi connectivity index (χ3n) is 3.88. The van der Waals surface area contributed by atoms with Gasteiger partial charge in [-0.15, -0.1) is 0 Å². The van der Waals surface area contributed by atoms with Crippen LogP contribution in [0.15, 0.2) is 36.0 Å². The van der Waals surface area contributed by atoms with Crippen molar-refractivity contribution < 1.29 is 19.8 Å². The maximum absolute atomic E-state index is 11.6. The minimum absolute atomic E-state index is 0.0615. The Kier molecular flexibility index (Phi) is 4.02. The minimum Gasteiger partial charge on any atom is -0.481 e. The summed E-state index contributed by atoms with van der Waals surface area (Å²) in [6, 6.07) is 6.93. The lowest BCUT2D eigenvalue weighted by Gasteiger charge is -2.13. The topological polar surface area (TPSA) is 104 Å². The Balaban J connectivity index is 2.25. The van der Waals surface area contributed by atoms with Gasteiger partial charge in [-0.3, -0.25) is 4.79 Å². The fourth-order valence-corrected chi connectivity index (χ4v) is 2.99. The first-order valence-corrected chi connectivity index (χ1v) is 7.55. The number of aliphatic carboxylic acids is 2. The van der Waals surface area contributed by atoms with E-state index in [0.717, 1.165) is 0 Å². The van der Waals surface area contributed by atoms with E-state index in [1.54, 1.807) is 31.2 Å². The molecule has 0 bridgehead atoms. The van der Waals surface area contributed by atoms with Gasteiger partial charge in [-0.2, -0.15) is 5.10 Å². The molecule has 1 aromatic carbocycles. The number of hydrogen-bond donors (Lipinski definition) is 3. The van der Waals surface area contributed by atoms with Gasteiger partial charge in [0, 0.05) is 5.56 Å². The molecule has 1 unspecified atom stereocenters. The third-order valence-corrected chi connectivity index (χ3v) is 4.19. The second-order valence-electron chi connectivity index (χ2n) is 5.39. The Morgan fingerprint density at radius 1 is 1.33 bits per heavy atom. The van der Waals surface area contributed by atoms with Crippen LogP contribution < -0.4 is 5.32 Å². The number of aryl methyl sites for hydroxylation is 1. The lowest BCUT2D eigenvalue weighted by molar-refractivity contribution is -0.139. The van der Waals surface area contributed by atoms with Crippen molar-refractivity contribution in [2.24, 2.45) is 0 Å². The standard InChI is InChI=1S/C16H14ClN3O4/c1-8-13-9(15(21)22)6-7-11(16(23)24)18-14(13)20(19-8)12-5-3-2-4-10(12)17/h2-5,7,9,18H,6H2,1H3,(H,21,22)(H,23,24). The molecule has 1 atom stereocenters. The van der Waals surface area contributed by atoms with Crippen molar-refractivity contribution in [2.45, 2.75) is 19.3 Å². The molecule has 0 radical (unpaired) electrons. The number of halogens is 1. The molecule has 0 saturated carbocycles. The molecular formula is C16H14ClN3O4. The number of carboxylic acid groups (broad SMARTS) is 2. The van der Waals surface area contributed by atoms with Crippen LogP contribution in [0.1, 0.15) is 23.6 Å². The summed E-state index contributed by atoms with van der Waals surface area (Å²) in [6.07, 6.45) is 1.43. The van der Waals surface area contributed by atoms with Crippen LogP contribution >= 0.6 is 11.6 Å². The van der Waals surface area contributed by atoms with Crippen molar-refractivity contribution >= 4 is 29.4 Å². The molecule has 1 aliphatic heterocycles. The van der Waals surface area contributed by atoms with Crippen molar-refractivity contribution in [2.75, 3.05) is 5.32 Å². The highest BCUT2D eigenvalue weighted by molar-refractivity contribution is 6.32. The molecule has 7 nitrogen and oxygen atoms in total. The van der Waals surface area contributed by atoms with Crippen molar-refractivity contribution in [1.82, 2.24) is 9.78 Å². The second kappa shape index (κ2) is 6.01. The number of carbonyl (C=O) groups is 2. The number of anilines is 1. The fraction of sp³-hybridized carbons (Fsp3) is 0.188. The fourth-order valence-electron chi connectivity index (χ4n) is 2.77. The molecule has 3 rings (SSSR count). The summed E-state index contributed by atoms with van der Waals surface area (Å²) >= 11 is 6.21. The minimum atomic E-state index is -1.17. The molecule has 0 aliphatic carbocycles. The van der Waals surface area contributed by atoms with E-state index in [2.05, 4.69) is 10.4 Å². The van der Waals surface area contributed by atoms with Crippen LogP contribution in [-0.2, 0) is 9.59 Å². The number of carboxylic acids is 2. The van der Waals surface area contributed by atoms with Gasteiger partial charge in [-0.1, -0.05) is 29.8 Å². The summed E-state index contributed by atoms with van der Waals surface area (Å²) in [5.74, 6) is -2.79. The van der Waals surface area contributed by atoms with Crippen LogP contribution in [0.3, 0.4) is 0 Å². The van der Waals surface area contributed by atoms with Gasteiger partial charge in [0.2, 0.25) is 0 Å². The van der Waals surface area contributed by atoms with Crippen LogP contribution in [0.2, 0.25) is 5.02 Å². The van der Waals surface area contributed by atoms with Crippen LogP contribution in [0.4, 0.5) is 5.82 Å². The number of benzene rings is 1. The molecule has 0 fully saturated rings. The summed E-state index contributed by atoms with van der Waals surface area (Å²) < 4.78 is 1.45. The summed E-state index contributed by atoms with van der Waals surface area (Å²) in [7, 11) is 0. The highest BCUT2D eigenvalue weighted by Gasteiger charge is 2.32. The number of rotatable bonds is 3. The molecule has 124 valence electrons. The molecule has 24 heavy (non-hydrogen) atoms. The monoisotopic (exact) mass is 347 g/mol. The van der Waals surface area contributed by atoms with E-state index < -0.39 is 17.9 Å². The Morgan fingerprint density at radius 3 is 2.67 bits per heavy atom. The Hall–Kier alpha value is -2.80. The first-order valence-electron chi connectivity index (χ1n) is 7.18. The van der Waals surface area contributed by atoms with Gasteiger partial charge >= 0.3 is 11.9 Å². The number of aromatic nitrogens is 2. The van der Waals surface area contributed by atoms with Gasteiger partial charge in [0.1, 0.15) is 11.5 Å². The van der Waals surface area contributed by atoms with Gasteiger partial charge in [0.05, 0.1) is 22.3 Å². The van der Waals surface area contributed by atoms with Crippen molar-refractivity contribution in [3.63, 3.8) is 0 Å². The summed E-state index contributed by atoms with van der Waals surface area (Å²) in [4.78, 5) is 23.0. The van der Waals surface area contributed by atoms with Crippen LogP contribution in [-0.4, -0.2) is 31.9 Å². The molecule has 8 heteroatoms. The zero-order chi connectivity index (χ0) is 17.4. The van der Waals surface area contributed by atoms with Gasteiger partial charge in [0.15, 0.2) is 0 Å². The smallest absolute Gasteiger partial charge is 0.352 e. The summed E-state index contributed by atoms with van der Waals surface area (Å²) in [5, 5.41) is 26.4. The van der Waals surface area contributed by atoms with Crippen LogP contribution in [0, 0.1) is 6.92 Å². The SMILES string of the molecule is Cc1nn(-c2ccccc2Cl)c2c1C(C(=O)O)CC=C(C(=O)O)N2. The molecule has 0 saturated heterocycles. The Labute approximate surface area is 142 Å². The molecule has 2 aromatic rings. The molecule has 3 N–H and O–H groups in total. The van der Waals surface area contributed by atoms with E-state index in [1.165, 1.54) is 10.8 Å². The predicted octanol–water partition coefficient (Wildman–Crippen LogP) is 2.79. The molecule has 2 heterocycles. The number of para-hydroxylation sites is 1. The van der Waals surface area contributed by atoms with E-state index in [9.17, 15) is 19.8 Å². The maximum atomic E-state index is 11.6. The third kappa shape index (κ3) is 2.63. The lowest BCUT2D eigenvalue weighted by atomic mass is 9.96. The number of fused-ring (bicyclic) bond motifs is 1. The quantitative estimate of drug-likeness (QED) is 0.788. The normalized spacial score (nSPS) is 16.6. The first kappa shape index (κ1) is 16.1. The first-order chi connectivity index (χ1) is 11.4. The zero-order valence-corrected chi connectivity index (χ0v) is 13.4. The largest absolute Gasteiger partial charge is 0.481 e. The van der Waals surface area contributed by atoms with Crippen molar-refractivity contribution in [1.29, 1.82) is 0 Å². The number of nitrogens with one attached hydrogen (secondary N) is 1. The van der Waals surface area contributed by atoms with E-state index in [4.69, 9.17) is 11.6 Å². The van der Waals surface area contributed by atoms with E-state index >= 15 is 0 Å². The maximum Gasteiger partial charge on any atom is 0.352 e. The summed E-state index contributed by atoms with van der Waals surface area (Å²) in [5.41, 5.74) is 1.40. The Morgan fingerprint density at radius 2 is 2.04 bits per heavy atom. The lowest BCUT2D eigenvalue weighted by Crippen LogP contribution is -2.14. The van der Waals surface area contributed by atoms with Crippen LogP contribution in [0.5, 0.6) is 0 Å². The predicted molar refractivity (Wildman–Crippen MR) is 87.6 cm³/mol. The molecule has 1 aliphatic rings.